The fourth-order valence-corrected chi connectivity index (χ4v) is 1.41. The van der Waals surface area contributed by atoms with E-state index in [1.54, 1.807) is 12.1 Å². The monoisotopic (exact) mass is 296 g/mol. The van der Waals surface area contributed by atoms with Crippen molar-refractivity contribution in [3.63, 3.8) is 0 Å². The lowest BCUT2D eigenvalue weighted by molar-refractivity contribution is -0.142. The van der Waals surface area contributed by atoms with Crippen LogP contribution in [0.2, 0.25) is 0 Å². The van der Waals surface area contributed by atoms with Gasteiger partial charge in [-0.25, -0.2) is 4.79 Å². The van der Waals surface area contributed by atoms with Crippen molar-refractivity contribution in [1.82, 2.24) is 5.32 Å². The van der Waals surface area contributed by atoms with E-state index in [9.17, 15) is 14.4 Å². The third kappa shape index (κ3) is 6.39. The molecule has 0 saturated carbocycles. The third-order valence-corrected chi connectivity index (χ3v) is 2.31. The van der Waals surface area contributed by atoms with Crippen LogP contribution in [0.5, 0.6) is 5.75 Å². The van der Waals surface area contributed by atoms with Gasteiger partial charge in [-0.1, -0.05) is 12.1 Å². The van der Waals surface area contributed by atoms with E-state index in [2.05, 4.69) is 5.32 Å². The number of benzene rings is 1. The van der Waals surface area contributed by atoms with Crippen molar-refractivity contribution >= 4 is 17.8 Å². The molecule has 0 radical (unpaired) electrons. The van der Waals surface area contributed by atoms with E-state index >= 15 is 0 Å². The number of primary amides is 1. The van der Waals surface area contributed by atoms with Gasteiger partial charge in [-0.05, 0) is 12.1 Å². The summed E-state index contributed by atoms with van der Waals surface area (Å²) in [4.78, 5) is 32.8. The Morgan fingerprint density at radius 1 is 1.19 bits per heavy atom. The number of carboxylic acid groups (broad SMARTS) is 1. The van der Waals surface area contributed by atoms with Gasteiger partial charge in [-0.3, -0.25) is 9.59 Å². The number of nitrogens with two attached hydrogens (primary N) is 1. The highest BCUT2D eigenvalue weighted by atomic mass is 16.5. The number of amides is 2. The Bertz CT molecular complexity index is 517. The molecule has 1 rings (SSSR count). The fourth-order valence-electron chi connectivity index (χ4n) is 1.41. The van der Waals surface area contributed by atoms with Gasteiger partial charge in [0, 0.05) is 6.54 Å². The Hall–Kier alpha value is -2.61. The second-order valence-electron chi connectivity index (χ2n) is 3.95. The predicted molar refractivity (Wildman–Crippen MR) is 71.9 cm³/mol. The van der Waals surface area contributed by atoms with Crippen molar-refractivity contribution in [2.45, 2.75) is 0 Å². The topological polar surface area (TPSA) is 128 Å². The average Bonchev–Trinajstić information content (AvgIpc) is 2.44. The molecule has 0 bridgehead atoms. The Morgan fingerprint density at radius 2 is 1.90 bits per heavy atom. The van der Waals surface area contributed by atoms with Crippen LogP contribution < -0.4 is 15.8 Å². The van der Waals surface area contributed by atoms with Crippen LogP contribution >= 0.6 is 0 Å². The summed E-state index contributed by atoms with van der Waals surface area (Å²) < 4.78 is 9.95. The Balaban J connectivity index is 2.30. The van der Waals surface area contributed by atoms with Crippen molar-refractivity contribution in [1.29, 1.82) is 0 Å². The van der Waals surface area contributed by atoms with Crippen molar-refractivity contribution in [2.75, 3.05) is 26.4 Å². The summed E-state index contributed by atoms with van der Waals surface area (Å²) in [5.41, 5.74) is 5.36. The van der Waals surface area contributed by atoms with Crippen LogP contribution in [0.3, 0.4) is 0 Å². The van der Waals surface area contributed by atoms with Crippen LogP contribution in [0.25, 0.3) is 0 Å². The van der Waals surface area contributed by atoms with Crippen LogP contribution in [-0.2, 0) is 14.3 Å². The first-order chi connectivity index (χ1) is 10.0. The molecule has 0 aromatic heterocycles. The van der Waals surface area contributed by atoms with Gasteiger partial charge in [0.1, 0.15) is 12.4 Å². The number of aliphatic carboxylic acids is 1. The van der Waals surface area contributed by atoms with Gasteiger partial charge in [0.2, 0.25) is 0 Å². The van der Waals surface area contributed by atoms with E-state index < -0.39 is 24.4 Å². The summed E-state index contributed by atoms with van der Waals surface area (Å²) in [6.07, 6.45) is 0. The maximum atomic E-state index is 11.5. The summed E-state index contributed by atoms with van der Waals surface area (Å²) in [5.74, 6) is -1.92. The standard InChI is InChI=1S/C13H16N2O6/c14-13(19)9-3-1-2-4-10(9)21-7-11(16)15-5-6-20-8-12(17)18/h1-4H,5-8H2,(H2,14,19)(H,15,16)(H,17,18). The number of rotatable bonds is 9. The smallest absolute Gasteiger partial charge is 0.329 e. The number of carbonyl (C=O) groups is 3. The van der Waals surface area contributed by atoms with E-state index in [4.69, 9.17) is 20.3 Å². The lowest BCUT2D eigenvalue weighted by Crippen LogP contribution is -2.32. The van der Waals surface area contributed by atoms with Crippen LogP contribution in [0.15, 0.2) is 24.3 Å². The minimum atomic E-state index is -1.08. The molecule has 0 fully saturated rings. The SMILES string of the molecule is NC(=O)c1ccccc1OCC(=O)NCCOCC(=O)O. The molecule has 0 unspecified atom stereocenters. The van der Waals surface area contributed by atoms with E-state index in [-0.39, 0.29) is 31.1 Å². The number of hydrogen-bond donors (Lipinski definition) is 3. The Labute approximate surface area is 120 Å². The molecule has 8 nitrogen and oxygen atoms in total. The molecule has 1 aromatic rings. The number of para-hydroxylation sites is 1. The van der Waals surface area contributed by atoms with Crippen molar-refractivity contribution in [2.24, 2.45) is 5.73 Å². The molecule has 0 heterocycles. The molecule has 0 aliphatic rings. The first-order valence-corrected chi connectivity index (χ1v) is 6.08. The number of ether oxygens (including phenoxy) is 2. The largest absolute Gasteiger partial charge is 0.483 e. The van der Waals surface area contributed by atoms with Crippen LogP contribution in [0, 0.1) is 0 Å². The Morgan fingerprint density at radius 3 is 2.57 bits per heavy atom. The van der Waals surface area contributed by atoms with Gasteiger partial charge >= 0.3 is 5.97 Å². The van der Waals surface area contributed by atoms with Crippen LogP contribution in [0.1, 0.15) is 10.4 Å². The average molecular weight is 296 g/mol. The quantitative estimate of drug-likeness (QED) is 0.521. The summed E-state index contributed by atoms with van der Waals surface area (Å²) in [7, 11) is 0. The van der Waals surface area contributed by atoms with Crippen LogP contribution in [-0.4, -0.2) is 49.3 Å². The molecule has 2 amide bonds. The van der Waals surface area contributed by atoms with Gasteiger partial charge < -0.3 is 25.6 Å². The minimum Gasteiger partial charge on any atom is -0.483 e. The van der Waals surface area contributed by atoms with Crippen molar-refractivity contribution < 1.29 is 29.0 Å². The van der Waals surface area contributed by atoms with Crippen molar-refractivity contribution in [3.05, 3.63) is 29.8 Å². The molecular formula is C13H16N2O6. The zero-order chi connectivity index (χ0) is 15.7. The van der Waals surface area contributed by atoms with E-state index in [0.29, 0.717) is 0 Å². The summed E-state index contributed by atoms with van der Waals surface area (Å²) in [5, 5.41) is 10.8. The molecule has 21 heavy (non-hydrogen) atoms. The molecule has 0 saturated heterocycles. The van der Waals surface area contributed by atoms with Gasteiger partial charge in [-0.15, -0.1) is 0 Å². The normalized spacial score (nSPS) is 9.90. The molecule has 0 aliphatic heterocycles. The van der Waals surface area contributed by atoms with Gasteiger partial charge in [0.05, 0.1) is 12.2 Å². The first-order valence-electron chi connectivity index (χ1n) is 6.08. The van der Waals surface area contributed by atoms with Gasteiger partial charge in [0.25, 0.3) is 11.8 Å². The summed E-state index contributed by atoms with van der Waals surface area (Å²) in [6.45, 7) is -0.468. The molecular weight excluding hydrogens is 280 g/mol. The van der Waals surface area contributed by atoms with Crippen LogP contribution in [0.4, 0.5) is 0 Å². The minimum absolute atomic E-state index is 0.0793. The zero-order valence-electron chi connectivity index (χ0n) is 11.2. The van der Waals surface area contributed by atoms with E-state index in [1.165, 1.54) is 12.1 Å². The second kappa shape index (κ2) is 8.54. The lowest BCUT2D eigenvalue weighted by Gasteiger charge is -2.09. The number of carboxylic acids is 1. The number of hydrogen-bond acceptors (Lipinski definition) is 5. The molecule has 4 N–H and O–H groups in total. The number of nitrogens with one attached hydrogen (secondary N) is 1. The summed E-state index contributed by atoms with van der Waals surface area (Å²) >= 11 is 0. The van der Waals surface area contributed by atoms with Crippen molar-refractivity contribution in [3.8, 4) is 5.75 Å². The summed E-state index contributed by atoms with van der Waals surface area (Å²) in [6, 6.07) is 6.31. The van der Waals surface area contributed by atoms with E-state index in [1.807, 2.05) is 0 Å². The molecule has 8 heteroatoms. The molecule has 0 atom stereocenters. The maximum absolute atomic E-state index is 11.5. The molecule has 1 aromatic carbocycles. The second-order valence-corrected chi connectivity index (χ2v) is 3.95. The van der Waals surface area contributed by atoms with E-state index in [0.717, 1.165) is 0 Å². The Kier molecular flexibility index (Phi) is 6.69. The van der Waals surface area contributed by atoms with Gasteiger partial charge in [-0.2, -0.15) is 0 Å². The fraction of sp³-hybridized carbons (Fsp3) is 0.308. The maximum Gasteiger partial charge on any atom is 0.329 e. The first kappa shape index (κ1) is 16.4. The molecule has 0 spiro atoms. The number of carbonyl (C=O) groups excluding carboxylic acids is 2. The molecule has 114 valence electrons. The highest BCUT2D eigenvalue weighted by Crippen LogP contribution is 2.16. The zero-order valence-corrected chi connectivity index (χ0v) is 11.2. The third-order valence-electron chi connectivity index (χ3n) is 2.31. The predicted octanol–water partition coefficient (Wildman–Crippen LogP) is -0.618. The highest BCUT2D eigenvalue weighted by Gasteiger charge is 2.10. The molecule has 0 aliphatic carbocycles. The lowest BCUT2D eigenvalue weighted by atomic mass is 10.2. The van der Waals surface area contributed by atoms with Gasteiger partial charge in [0.15, 0.2) is 6.61 Å². The highest BCUT2D eigenvalue weighted by molar-refractivity contribution is 5.95.